The van der Waals surface area contributed by atoms with Crippen molar-refractivity contribution in [3.05, 3.63) is 67.6 Å². The normalized spacial score (nSPS) is 16.6. The number of aromatic nitrogens is 1. The van der Waals surface area contributed by atoms with Gasteiger partial charge in [-0.1, -0.05) is 49.2 Å². The maximum absolute atomic E-state index is 13.0. The average Bonchev–Trinajstić information content (AvgIpc) is 3.23. The monoisotopic (exact) mass is 536 g/mol. The Bertz CT molecular complexity index is 1090. The summed E-state index contributed by atoms with van der Waals surface area (Å²) in [7, 11) is 0. The van der Waals surface area contributed by atoms with E-state index >= 15 is 0 Å². The van der Waals surface area contributed by atoms with E-state index in [1.165, 1.54) is 0 Å². The molecule has 2 heterocycles. The number of likely N-dealkylation sites (tertiary alicyclic amines) is 1. The first-order valence-electron chi connectivity index (χ1n) is 12.7. The van der Waals surface area contributed by atoms with Crippen molar-refractivity contribution >= 4 is 29.2 Å². The molecule has 0 aliphatic carbocycles. The average molecular weight is 538 g/mol. The number of ether oxygens (including phenoxy) is 2. The van der Waals surface area contributed by atoms with Crippen LogP contribution in [-0.4, -0.2) is 46.8 Å². The molecule has 0 N–H and O–H groups in total. The number of esters is 1. The predicted octanol–water partition coefficient (Wildman–Crippen LogP) is 5.99. The maximum Gasteiger partial charge on any atom is 0.338 e. The van der Waals surface area contributed by atoms with E-state index in [1.807, 2.05) is 32.9 Å². The van der Waals surface area contributed by atoms with Crippen LogP contribution < -0.4 is 5.56 Å². The zero-order valence-electron chi connectivity index (χ0n) is 22.0. The molecule has 0 spiro atoms. The van der Waals surface area contributed by atoms with Gasteiger partial charge in [-0.2, -0.15) is 0 Å². The second-order valence-corrected chi connectivity index (χ2v) is 11.7. The summed E-state index contributed by atoms with van der Waals surface area (Å²) in [5, 5.41) is 0.607. The predicted molar refractivity (Wildman–Crippen MR) is 145 cm³/mol. The molecule has 1 aromatic heterocycles. The van der Waals surface area contributed by atoms with E-state index in [0.717, 1.165) is 37.3 Å². The Labute approximate surface area is 224 Å². The molecule has 8 heteroatoms. The molecule has 198 valence electrons. The second kappa shape index (κ2) is 12.6. The van der Waals surface area contributed by atoms with Gasteiger partial charge in [-0.25, -0.2) is 4.79 Å². The van der Waals surface area contributed by atoms with Crippen LogP contribution in [0.15, 0.2) is 35.1 Å². The minimum Gasteiger partial charge on any atom is -0.456 e. The van der Waals surface area contributed by atoms with Gasteiger partial charge >= 0.3 is 5.97 Å². The molecule has 3 rings (SSSR count). The van der Waals surface area contributed by atoms with Gasteiger partial charge < -0.3 is 14.0 Å². The molecule has 0 bridgehead atoms. The van der Waals surface area contributed by atoms with Crippen molar-refractivity contribution in [3.63, 3.8) is 0 Å². The number of hydrogen-bond donors (Lipinski definition) is 0. The largest absolute Gasteiger partial charge is 0.456 e. The summed E-state index contributed by atoms with van der Waals surface area (Å²) < 4.78 is 13.0. The molecule has 36 heavy (non-hydrogen) atoms. The summed E-state index contributed by atoms with van der Waals surface area (Å²) in [6.45, 7) is 13.2. The third-order valence-electron chi connectivity index (χ3n) is 6.13. The summed E-state index contributed by atoms with van der Waals surface area (Å²) >= 11 is 12.8. The smallest absolute Gasteiger partial charge is 0.338 e. The first kappa shape index (κ1) is 28.7. The van der Waals surface area contributed by atoms with Crippen LogP contribution in [-0.2, 0) is 29.0 Å². The molecule has 1 saturated heterocycles. The zero-order valence-corrected chi connectivity index (χ0v) is 23.5. The summed E-state index contributed by atoms with van der Waals surface area (Å²) in [6.07, 6.45) is 2.76. The number of nitrogens with zero attached hydrogens (tertiary/aromatic N) is 2. The van der Waals surface area contributed by atoms with Crippen LogP contribution >= 0.6 is 23.2 Å². The van der Waals surface area contributed by atoms with E-state index in [-0.39, 0.29) is 16.6 Å². The summed E-state index contributed by atoms with van der Waals surface area (Å²) in [5.41, 5.74) is 1.48. The number of carbonyl (C=O) groups excluding carboxylic acids is 1. The third-order valence-corrected chi connectivity index (χ3v) is 6.73. The number of benzene rings is 1. The van der Waals surface area contributed by atoms with Gasteiger partial charge in [0.1, 0.15) is 10.6 Å². The van der Waals surface area contributed by atoms with Crippen molar-refractivity contribution in [2.75, 3.05) is 19.8 Å². The molecular formula is C28H38Cl2N2O4. The number of aryl methyl sites for hydroxylation is 1. The molecule has 1 fully saturated rings. The first-order chi connectivity index (χ1) is 16.9. The Balaban J connectivity index is 1.73. The molecule has 1 aliphatic heterocycles. The summed E-state index contributed by atoms with van der Waals surface area (Å²) in [5.74, 6) is 0.140. The fourth-order valence-corrected chi connectivity index (χ4v) is 4.88. The molecule has 0 radical (unpaired) electrons. The Kier molecular flexibility index (Phi) is 10.0. The fourth-order valence-electron chi connectivity index (χ4n) is 4.34. The number of hydrogen-bond acceptors (Lipinski definition) is 5. The second-order valence-electron chi connectivity index (χ2n) is 10.9. The van der Waals surface area contributed by atoms with Gasteiger partial charge in [0.05, 0.1) is 22.9 Å². The van der Waals surface area contributed by atoms with E-state index in [1.54, 1.807) is 22.8 Å². The number of pyridine rings is 1. The first-order valence-corrected chi connectivity index (χ1v) is 13.4. The highest BCUT2D eigenvalue weighted by molar-refractivity contribution is 6.34. The summed E-state index contributed by atoms with van der Waals surface area (Å²) in [4.78, 5) is 27.7. The SMILES string of the molecule is CC(C)COC[C@H]1CCCN1Cc1c(Cl)cc(Cl)c(=O)n1CCc1ccc(C(=O)OC(C)(C)C)cc1. The Morgan fingerprint density at radius 1 is 1.14 bits per heavy atom. The van der Waals surface area contributed by atoms with Crippen molar-refractivity contribution in [1.82, 2.24) is 9.47 Å². The number of carbonyl (C=O) groups is 1. The summed E-state index contributed by atoms with van der Waals surface area (Å²) in [6, 6.07) is 9.14. The minimum atomic E-state index is -0.548. The molecule has 0 amide bonds. The minimum absolute atomic E-state index is 0.113. The topological polar surface area (TPSA) is 60.8 Å². The highest BCUT2D eigenvalue weighted by Gasteiger charge is 2.27. The van der Waals surface area contributed by atoms with Crippen LogP contribution in [0.1, 0.15) is 69.1 Å². The Morgan fingerprint density at radius 2 is 1.83 bits per heavy atom. The molecular weight excluding hydrogens is 499 g/mol. The van der Waals surface area contributed by atoms with Crippen molar-refractivity contribution in [2.45, 2.75) is 78.6 Å². The molecule has 1 aliphatic rings. The van der Waals surface area contributed by atoms with Crippen LogP contribution in [0.5, 0.6) is 0 Å². The lowest BCUT2D eigenvalue weighted by molar-refractivity contribution is 0.00695. The molecule has 2 aromatic rings. The molecule has 1 atom stereocenters. The van der Waals surface area contributed by atoms with E-state index in [4.69, 9.17) is 32.7 Å². The highest BCUT2D eigenvalue weighted by Crippen LogP contribution is 2.25. The Morgan fingerprint density at radius 3 is 2.47 bits per heavy atom. The lowest BCUT2D eigenvalue weighted by Crippen LogP contribution is -2.36. The Hall–Kier alpha value is -1.86. The van der Waals surface area contributed by atoms with Crippen molar-refractivity contribution < 1.29 is 14.3 Å². The van der Waals surface area contributed by atoms with Crippen molar-refractivity contribution in [1.29, 1.82) is 0 Å². The number of rotatable bonds is 10. The lowest BCUT2D eigenvalue weighted by Gasteiger charge is -2.27. The van der Waals surface area contributed by atoms with E-state index in [0.29, 0.717) is 48.7 Å². The van der Waals surface area contributed by atoms with Crippen molar-refractivity contribution in [3.8, 4) is 0 Å². The quantitative estimate of drug-likeness (QED) is 0.349. The van der Waals surface area contributed by atoms with E-state index < -0.39 is 5.60 Å². The van der Waals surface area contributed by atoms with Crippen LogP contribution in [0.25, 0.3) is 0 Å². The van der Waals surface area contributed by atoms with Gasteiger partial charge in [0.2, 0.25) is 0 Å². The van der Waals surface area contributed by atoms with Crippen LogP contribution in [0, 0.1) is 5.92 Å². The molecule has 0 saturated carbocycles. The highest BCUT2D eigenvalue weighted by atomic mass is 35.5. The maximum atomic E-state index is 13.0. The fraction of sp³-hybridized carbons (Fsp3) is 0.571. The third kappa shape index (κ3) is 8.07. The van der Waals surface area contributed by atoms with Gasteiger partial charge in [0.25, 0.3) is 5.56 Å². The van der Waals surface area contributed by atoms with E-state index in [2.05, 4.69) is 18.7 Å². The standard InChI is InChI=1S/C28H38Cl2N2O4/c1-19(2)17-35-18-22-7-6-13-31(22)16-25-23(29)15-24(30)26(33)32(25)14-12-20-8-10-21(11-9-20)27(34)36-28(3,4)5/h8-11,15,19,22H,6-7,12-14,16-18H2,1-5H3/t22-/m1/s1. The van der Waals surface area contributed by atoms with Gasteiger partial charge in [0, 0.05) is 25.7 Å². The molecule has 1 aromatic carbocycles. The van der Waals surface area contributed by atoms with Crippen molar-refractivity contribution in [2.24, 2.45) is 5.92 Å². The van der Waals surface area contributed by atoms with Gasteiger partial charge in [0.15, 0.2) is 0 Å². The molecule has 6 nitrogen and oxygen atoms in total. The lowest BCUT2D eigenvalue weighted by atomic mass is 10.1. The zero-order chi connectivity index (χ0) is 26.5. The number of halogens is 2. The van der Waals surface area contributed by atoms with Crippen LogP contribution in [0.4, 0.5) is 0 Å². The van der Waals surface area contributed by atoms with Gasteiger partial charge in [-0.15, -0.1) is 0 Å². The van der Waals surface area contributed by atoms with Crippen LogP contribution in [0.3, 0.4) is 0 Å². The van der Waals surface area contributed by atoms with Crippen LogP contribution in [0.2, 0.25) is 10.0 Å². The molecule has 0 unspecified atom stereocenters. The van der Waals surface area contributed by atoms with Gasteiger partial charge in [-0.3, -0.25) is 9.69 Å². The van der Waals surface area contributed by atoms with Gasteiger partial charge in [-0.05, 0) is 76.3 Å². The van der Waals surface area contributed by atoms with E-state index in [9.17, 15) is 9.59 Å².